The van der Waals surface area contributed by atoms with E-state index in [4.69, 9.17) is 4.74 Å². The van der Waals surface area contributed by atoms with Gasteiger partial charge in [0, 0.05) is 51.2 Å². The number of hydrogen-bond donors (Lipinski definition) is 2. The van der Waals surface area contributed by atoms with Gasteiger partial charge in [0.15, 0.2) is 0 Å². The van der Waals surface area contributed by atoms with Crippen LogP contribution in [0.4, 0.5) is 0 Å². The maximum Gasteiger partial charge on any atom is 0.294 e. The van der Waals surface area contributed by atoms with Crippen LogP contribution in [0.2, 0.25) is 0 Å². The maximum atomic E-state index is 11.1. The van der Waals surface area contributed by atoms with Crippen molar-refractivity contribution in [1.82, 2.24) is 15.3 Å². The first-order chi connectivity index (χ1) is 13.7. The van der Waals surface area contributed by atoms with Crippen molar-refractivity contribution in [1.29, 1.82) is 0 Å². The summed E-state index contributed by atoms with van der Waals surface area (Å²) in [6.45, 7) is 22.8. The lowest BCUT2D eigenvalue weighted by molar-refractivity contribution is 0.110. The summed E-state index contributed by atoms with van der Waals surface area (Å²) in [6.07, 6.45) is 1.34. The van der Waals surface area contributed by atoms with E-state index in [2.05, 4.69) is 79.3 Å². The van der Waals surface area contributed by atoms with Crippen LogP contribution < -0.4 is 10.4 Å². The topological polar surface area (TPSA) is 72.1 Å². The predicted molar refractivity (Wildman–Crippen MR) is 127 cm³/mol. The fourth-order valence-electron chi connectivity index (χ4n) is 3.21. The number of ether oxygens (including phenoxy) is 2. The van der Waals surface area contributed by atoms with Gasteiger partial charge in [-0.05, 0) is 39.7 Å². The second-order valence-electron chi connectivity index (χ2n) is 9.18. The van der Waals surface area contributed by atoms with Gasteiger partial charge < -0.3 is 24.2 Å². The summed E-state index contributed by atoms with van der Waals surface area (Å²) in [5, 5.41) is 6.06. The van der Waals surface area contributed by atoms with Crippen LogP contribution in [0.3, 0.4) is 0 Å². The summed E-state index contributed by atoms with van der Waals surface area (Å²) in [5.41, 5.74) is 2.30. The molecule has 1 aliphatic rings. The highest BCUT2D eigenvalue weighted by atomic mass is 31.2. The minimum atomic E-state index is -2.65. The summed E-state index contributed by atoms with van der Waals surface area (Å²) in [5.74, 6) is 1.05. The average molecular weight is 448 g/mol. The monoisotopic (exact) mass is 447 g/mol. The largest absolute Gasteiger partial charge is 0.383 e. The smallest absolute Gasteiger partial charge is 0.294 e. The fraction of sp³-hybridized carbons (Fsp3) is 0.818. The molecule has 0 radical (unpaired) electrons. The number of hydrogen-bond acceptors (Lipinski definition) is 6. The second kappa shape index (κ2) is 12.9. The van der Waals surface area contributed by atoms with Gasteiger partial charge in [-0.2, -0.15) is 0 Å². The number of nitrogens with zero attached hydrogens (tertiary/aromatic N) is 1. The van der Waals surface area contributed by atoms with Gasteiger partial charge in [0.25, 0.3) is 7.52 Å². The van der Waals surface area contributed by atoms with Gasteiger partial charge >= 0.3 is 0 Å². The molecule has 1 aliphatic heterocycles. The third-order valence-corrected chi connectivity index (χ3v) is 7.23. The fourth-order valence-corrected chi connectivity index (χ4v) is 3.96. The van der Waals surface area contributed by atoms with Crippen LogP contribution in [0.25, 0.3) is 0 Å². The molecule has 0 aliphatic carbocycles. The zero-order valence-corrected chi connectivity index (χ0v) is 21.8. The molecule has 0 aromatic heterocycles. The number of rotatable bonds is 10. The number of methoxy groups -OCH3 is 2. The Morgan fingerprint density at radius 3 is 2.10 bits per heavy atom. The van der Waals surface area contributed by atoms with Crippen LogP contribution in [0.15, 0.2) is 24.6 Å². The van der Waals surface area contributed by atoms with E-state index in [1.54, 1.807) is 14.2 Å². The number of allylic oxidation sites excluding steroid dienone is 1. The highest BCUT2D eigenvalue weighted by Crippen LogP contribution is 2.39. The van der Waals surface area contributed by atoms with E-state index in [0.717, 1.165) is 18.7 Å². The molecule has 0 bridgehead atoms. The Bertz CT molecular complexity index is 581. The predicted octanol–water partition coefficient (Wildman–Crippen LogP) is 4.43. The van der Waals surface area contributed by atoms with Crippen molar-refractivity contribution < 1.29 is 18.6 Å². The first kappa shape index (κ1) is 29.1. The Balaban J connectivity index is 0.000000787. The van der Waals surface area contributed by atoms with Crippen molar-refractivity contribution in [3.05, 3.63) is 24.6 Å². The van der Waals surface area contributed by atoms with Crippen LogP contribution in [-0.2, 0) is 18.6 Å². The molecule has 0 saturated carbocycles. The van der Waals surface area contributed by atoms with Gasteiger partial charge in [0.05, 0.1) is 12.1 Å². The van der Waals surface area contributed by atoms with Crippen LogP contribution in [-0.4, -0.2) is 63.9 Å². The van der Waals surface area contributed by atoms with Gasteiger partial charge in [0.2, 0.25) is 0 Å². The molecule has 4 atom stereocenters. The normalized spacial score (nSPS) is 22.2. The quantitative estimate of drug-likeness (QED) is 0.480. The second-order valence-corrected chi connectivity index (χ2v) is 11.6. The molecule has 1 fully saturated rings. The SMILES string of the molecule is C=C(NC(C)(C)C)C1CC(OC)CN1C(=C)C(C)C(C)C.CNP(=O)(COC)OC. The molecule has 8 heteroatoms. The summed E-state index contributed by atoms with van der Waals surface area (Å²) in [6, 6.07) is 0.267. The lowest BCUT2D eigenvalue weighted by atomic mass is 9.94. The Labute approximate surface area is 185 Å². The Kier molecular flexibility index (Phi) is 12.5. The molecule has 1 saturated heterocycles. The summed E-state index contributed by atoms with van der Waals surface area (Å²) >= 11 is 0. The highest BCUT2D eigenvalue weighted by molar-refractivity contribution is 7.56. The zero-order chi connectivity index (χ0) is 23.7. The van der Waals surface area contributed by atoms with E-state index in [1.165, 1.54) is 19.9 Å². The van der Waals surface area contributed by atoms with E-state index in [0.29, 0.717) is 11.8 Å². The standard InChI is InChI=1S/C18H34N2O.C4H12NO3P/c1-12(2)13(3)15(5)20-11-16(21-9)10-17(20)14(4)19-18(6,7)8;1-5-9(6,8-3)4-7-2/h12-13,16-17,19H,4-5,10-11H2,1-3,6-9H3;4H2,1-3H3,(H,5,6). The number of nitrogens with one attached hydrogen (secondary N) is 2. The van der Waals surface area contributed by atoms with Crippen molar-refractivity contribution in [2.24, 2.45) is 11.8 Å². The first-order valence-corrected chi connectivity index (χ1v) is 12.3. The Morgan fingerprint density at radius 2 is 1.77 bits per heavy atom. The third-order valence-electron chi connectivity index (χ3n) is 5.36. The van der Waals surface area contributed by atoms with Crippen molar-refractivity contribution in [2.75, 3.05) is 41.3 Å². The van der Waals surface area contributed by atoms with Crippen molar-refractivity contribution >= 4 is 7.52 Å². The average Bonchev–Trinajstić information content (AvgIpc) is 3.10. The molecule has 1 rings (SSSR count). The molecular formula is C22H46N3O4P. The molecule has 178 valence electrons. The van der Waals surface area contributed by atoms with Crippen LogP contribution in [0.5, 0.6) is 0 Å². The molecule has 0 amide bonds. The Hall–Kier alpha value is -0.850. The third kappa shape index (κ3) is 9.52. The molecule has 7 nitrogen and oxygen atoms in total. The van der Waals surface area contributed by atoms with Crippen molar-refractivity contribution in [3.8, 4) is 0 Å². The zero-order valence-electron chi connectivity index (χ0n) is 20.9. The first-order valence-electron chi connectivity index (χ1n) is 10.5. The molecular weight excluding hydrogens is 401 g/mol. The lowest BCUT2D eigenvalue weighted by Gasteiger charge is -2.36. The molecule has 4 unspecified atom stereocenters. The van der Waals surface area contributed by atoms with Gasteiger partial charge in [-0.25, -0.2) is 5.09 Å². The molecule has 0 aromatic rings. The van der Waals surface area contributed by atoms with Crippen molar-refractivity contribution in [2.45, 2.75) is 65.6 Å². The minimum absolute atomic E-state index is 0.0267. The Morgan fingerprint density at radius 1 is 1.20 bits per heavy atom. The van der Waals surface area contributed by atoms with Crippen LogP contribution >= 0.6 is 7.52 Å². The van der Waals surface area contributed by atoms with E-state index in [-0.39, 0.29) is 24.0 Å². The van der Waals surface area contributed by atoms with Gasteiger partial charge in [-0.3, -0.25) is 4.57 Å². The molecule has 1 heterocycles. The summed E-state index contributed by atoms with van der Waals surface area (Å²) in [4.78, 5) is 2.39. The summed E-state index contributed by atoms with van der Waals surface area (Å²) < 4.78 is 26.0. The van der Waals surface area contributed by atoms with E-state index in [1.807, 2.05) is 0 Å². The van der Waals surface area contributed by atoms with Gasteiger partial charge in [0.1, 0.15) is 6.35 Å². The molecule has 0 aromatic carbocycles. The van der Waals surface area contributed by atoms with Crippen LogP contribution in [0, 0.1) is 11.8 Å². The lowest BCUT2D eigenvalue weighted by Crippen LogP contribution is -2.43. The highest BCUT2D eigenvalue weighted by Gasteiger charge is 2.36. The minimum Gasteiger partial charge on any atom is -0.383 e. The summed E-state index contributed by atoms with van der Waals surface area (Å²) in [7, 11) is 3.57. The van der Waals surface area contributed by atoms with E-state index in [9.17, 15) is 4.57 Å². The van der Waals surface area contributed by atoms with Crippen molar-refractivity contribution in [3.63, 3.8) is 0 Å². The van der Waals surface area contributed by atoms with Crippen LogP contribution in [0.1, 0.15) is 48.0 Å². The van der Waals surface area contributed by atoms with Gasteiger partial charge in [-0.15, -0.1) is 0 Å². The molecule has 0 spiro atoms. The number of likely N-dealkylation sites (tertiary alicyclic amines) is 1. The van der Waals surface area contributed by atoms with E-state index < -0.39 is 7.52 Å². The maximum absolute atomic E-state index is 11.1. The van der Waals surface area contributed by atoms with Gasteiger partial charge in [-0.1, -0.05) is 33.9 Å². The molecule has 30 heavy (non-hydrogen) atoms. The van der Waals surface area contributed by atoms with E-state index >= 15 is 0 Å². The molecule has 2 N–H and O–H groups in total.